The van der Waals surface area contributed by atoms with E-state index in [1.54, 1.807) is 0 Å². The van der Waals surface area contributed by atoms with Crippen LogP contribution in [0.5, 0.6) is 0 Å². The maximum Gasteiger partial charge on any atom is -0.00255 e. The first kappa shape index (κ1) is 29.2. The van der Waals surface area contributed by atoms with E-state index in [-0.39, 0.29) is 0 Å². The molecule has 32 heavy (non-hydrogen) atoms. The summed E-state index contributed by atoms with van der Waals surface area (Å²) >= 11 is 0. The quantitative estimate of drug-likeness (QED) is 0.230. The number of terminal acetylenes is 1. The van der Waals surface area contributed by atoms with Crippen LogP contribution in [0.4, 0.5) is 0 Å². The van der Waals surface area contributed by atoms with E-state index < -0.39 is 0 Å². The van der Waals surface area contributed by atoms with E-state index in [0.29, 0.717) is 0 Å². The summed E-state index contributed by atoms with van der Waals surface area (Å²) in [5.41, 5.74) is 10.1. The van der Waals surface area contributed by atoms with Crippen molar-refractivity contribution < 1.29 is 0 Å². The second-order valence-corrected chi connectivity index (χ2v) is 8.27. The van der Waals surface area contributed by atoms with Crippen molar-refractivity contribution in [1.29, 1.82) is 0 Å². The highest BCUT2D eigenvalue weighted by Crippen LogP contribution is 2.27. The minimum absolute atomic E-state index is 0.822. The molecule has 0 N–H and O–H groups in total. The Morgan fingerprint density at radius 2 is 1.56 bits per heavy atom. The van der Waals surface area contributed by atoms with Gasteiger partial charge in [-0.1, -0.05) is 98.0 Å². The fourth-order valence-corrected chi connectivity index (χ4v) is 3.19. The van der Waals surface area contributed by atoms with Gasteiger partial charge in [-0.15, -0.1) is 13.0 Å². The Kier molecular flexibility index (Phi) is 15.4. The molecule has 0 nitrogen and oxygen atoms in total. The van der Waals surface area contributed by atoms with Gasteiger partial charge in [0.2, 0.25) is 0 Å². The molecule has 0 heterocycles. The summed E-state index contributed by atoms with van der Waals surface area (Å²) in [6, 6.07) is 8.62. The molecule has 2 rings (SSSR count). The van der Waals surface area contributed by atoms with E-state index >= 15 is 0 Å². The number of hydrogen-bond donors (Lipinski definition) is 0. The zero-order valence-electron chi connectivity index (χ0n) is 21.6. The number of aryl methyl sites for hydroxylation is 1. The molecule has 0 saturated carbocycles. The number of benzene rings is 1. The van der Waals surface area contributed by atoms with Gasteiger partial charge in [0.15, 0.2) is 0 Å². The fraction of sp³-hybridized carbons (Fsp3) is 0.375. The Bertz CT molecular complexity index is 882. The molecule has 0 spiro atoms. The third-order valence-corrected chi connectivity index (χ3v) is 4.93. The third kappa shape index (κ3) is 12.2. The normalized spacial score (nSPS) is 13.3. The van der Waals surface area contributed by atoms with Crippen molar-refractivity contribution in [2.45, 2.75) is 80.6 Å². The van der Waals surface area contributed by atoms with E-state index in [9.17, 15) is 0 Å². The van der Waals surface area contributed by atoms with Gasteiger partial charge in [0.1, 0.15) is 0 Å². The van der Waals surface area contributed by atoms with Crippen LogP contribution in [0, 0.1) is 19.3 Å². The highest BCUT2D eigenvalue weighted by atomic mass is 14.1. The van der Waals surface area contributed by atoms with Gasteiger partial charge in [-0.3, -0.25) is 0 Å². The molecule has 0 bridgehead atoms. The van der Waals surface area contributed by atoms with Crippen molar-refractivity contribution in [1.82, 2.24) is 0 Å². The van der Waals surface area contributed by atoms with Gasteiger partial charge in [-0.25, -0.2) is 0 Å². The molecule has 0 unspecified atom stereocenters. The minimum atomic E-state index is 0.822. The van der Waals surface area contributed by atoms with Crippen molar-refractivity contribution in [3.05, 3.63) is 106 Å². The highest BCUT2D eigenvalue weighted by Gasteiger charge is 2.09. The molecule has 0 saturated heterocycles. The van der Waals surface area contributed by atoms with E-state index in [0.717, 1.165) is 43.3 Å². The molecule has 1 aromatic carbocycles. The lowest BCUT2D eigenvalue weighted by molar-refractivity contribution is 0.929. The monoisotopic (exact) mass is 428 g/mol. The molecule has 0 amide bonds. The van der Waals surface area contributed by atoms with Crippen LogP contribution < -0.4 is 0 Å². The van der Waals surface area contributed by atoms with Crippen molar-refractivity contribution >= 4 is 0 Å². The first-order chi connectivity index (χ1) is 15.3. The van der Waals surface area contributed by atoms with Crippen molar-refractivity contribution in [3.8, 4) is 12.3 Å². The summed E-state index contributed by atoms with van der Waals surface area (Å²) < 4.78 is 0. The maximum absolute atomic E-state index is 5.59. The van der Waals surface area contributed by atoms with Gasteiger partial charge in [-0.05, 0) is 88.2 Å². The Hall–Kier alpha value is -2.78. The van der Waals surface area contributed by atoms with Crippen molar-refractivity contribution in [2.24, 2.45) is 0 Å². The van der Waals surface area contributed by atoms with Crippen LogP contribution >= 0.6 is 0 Å². The summed E-state index contributed by atoms with van der Waals surface area (Å²) in [5.74, 6) is 2.69. The van der Waals surface area contributed by atoms with Crippen LogP contribution in [0.25, 0.3) is 0 Å². The number of allylic oxidation sites excluding steroid dienone is 10. The molecular weight excluding hydrogens is 384 g/mol. The standard InChI is InChI=1S/C26H30.C4H8.C2H6/c1-6-10-25(22(5)17-24-15-13-20(3)14-16-24)18-23(7-2)19-26-12-9-8-11-21(26)4;1-4(2)3;1-2/h1,10-16,18H,5,7-9,17,19H2,2-4H3;1H2,2-3H3;1-2H3/b23-18-,25-10+;;. The highest BCUT2D eigenvalue weighted by molar-refractivity contribution is 5.47. The Morgan fingerprint density at radius 3 is 2.06 bits per heavy atom. The SMILES string of the molecule is C#C/C=C(\C=C(\CC)CC1=CCCC=C1C)C(=C)Cc1ccc(C)cc1.C=C(C)C.CC. The van der Waals surface area contributed by atoms with Crippen LogP contribution in [0.1, 0.15) is 78.4 Å². The second-order valence-electron chi connectivity index (χ2n) is 8.27. The van der Waals surface area contributed by atoms with E-state index in [1.807, 2.05) is 33.8 Å². The van der Waals surface area contributed by atoms with Crippen molar-refractivity contribution in [3.63, 3.8) is 0 Å². The lowest BCUT2D eigenvalue weighted by Gasteiger charge is -2.15. The van der Waals surface area contributed by atoms with E-state index in [4.69, 9.17) is 6.42 Å². The predicted octanol–water partition coefficient (Wildman–Crippen LogP) is 9.65. The largest absolute Gasteiger partial charge is 0.115 e. The average molecular weight is 429 g/mol. The molecule has 0 fully saturated rings. The summed E-state index contributed by atoms with van der Waals surface area (Å²) in [4.78, 5) is 0. The number of hydrogen-bond acceptors (Lipinski definition) is 0. The van der Waals surface area contributed by atoms with Crippen LogP contribution in [-0.2, 0) is 6.42 Å². The van der Waals surface area contributed by atoms with Gasteiger partial charge in [-0.2, -0.15) is 0 Å². The van der Waals surface area contributed by atoms with Gasteiger partial charge in [0.25, 0.3) is 0 Å². The predicted molar refractivity (Wildman–Crippen MR) is 147 cm³/mol. The van der Waals surface area contributed by atoms with Gasteiger partial charge in [0, 0.05) is 0 Å². The van der Waals surface area contributed by atoms with Crippen LogP contribution in [0.3, 0.4) is 0 Å². The van der Waals surface area contributed by atoms with Gasteiger partial charge >= 0.3 is 0 Å². The maximum atomic E-state index is 5.59. The van der Waals surface area contributed by atoms with Gasteiger partial charge in [0.05, 0.1) is 0 Å². The zero-order valence-corrected chi connectivity index (χ0v) is 21.6. The van der Waals surface area contributed by atoms with E-state index in [1.165, 1.54) is 33.4 Å². The smallest absolute Gasteiger partial charge is 0.00255 e. The third-order valence-electron chi connectivity index (χ3n) is 4.93. The van der Waals surface area contributed by atoms with E-state index in [2.05, 4.69) is 82.3 Å². The van der Waals surface area contributed by atoms with Gasteiger partial charge < -0.3 is 0 Å². The summed E-state index contributed by atoms with van der Waals surface area (Å²) in [6.45, 7) is 22.3. The summed E-state index contributed by atoms with van der Waals surface area (Å²) in [5, 5.41) is 0. The van der Waals surface area contributed by atoms with Crippen LogP contribution in [0.15, 0.2) is 95.2 Å². The molecule has 1 aromatic rings. The molecule has 0 aromatic heterocycles. The Morgan fingerprint density at radius 1 is 1.00 bits per heavy atom. The lowest BCUT2D eigenvalue weighted by Crippen LogP contribution is -1.97. The molecule has 0 radical (unpaired) electrons. The van der Waals surface area contributed by atoms with Crippen LogP contribution in [-0.4, -0.2) is 0 Å². The molecule has 0 atom stereocenters. The fourth-order valence-electron chi connectivity index (χ4n) is 3.19. The minimum Gasteiger partial charge on any atom is -0.115 e. The topological polar surface area (TPSA) is 0 Å². The molecule has 1 aliphatic rings. The molecule has 1 aliphatic carbocycles. The molecule has 0 aliphatic heterocycles. The van der Waals surface area contributed by atoms with Crippen molar-refractivity contribution in [2.75, 3.05) is 0 Å². The molecular formula is C32H44. The lowest BCUT2D eigenvalue weighted by atomic mass is 9.90. The molecule has 0 heteroatoms. The average Bonchev–Trinajstić information content (AvgIpc) is 2.76. The van der Waals surface area contributed by atoms with Crippen LogP contribution in [0.2, 0.25) is 0 Å². The Balaban J connectivity index is 0.00000144. The summed E-state index contributed by atoms with van der Waals surface area (Å²) in [6.07, 6.45) is 19.6. The summed E-state index contributed by atoms with van der Waals surface area (Å²) in [7, 11) is 0. The first-order valence-corrected chi connectivity index (χ1v) is 11.8. The Labute approximate surface area is 199 Å². The molecule has 172 valence electrons. The zero-order chi connectivity index (χ0) is 24.5. The number of rotatable bonds is 7. The first-order valence-electron chi connectivity index (χ1n) is 11.8. The second kappa shape index (κ2) is 16.9.